The smallest absolute Gasteiger partial charge is 0.254 e. The van der Waals surface area contributed by atoms with E-state index in [2.05, 4.69) is 19.9 Å². The molecule has 32 heavy (non-hydrogen) atoms. The Labute approximate surface area is 187 Å². The normalized spacial score (nSPS) is 13.9. The largest absolute Gasteiger partial charge is 0.493 e. The standard InChI is InChI=1S/C23H28N6O3/c1-15-16(2)29(14-24-15)22-13-21(25-17(3)26-22)27-8-10-28(11-9-27)23(30)18-6-7-19(31-4)20(12-18)32-5/h6-7,12-14H,8-11H2,1-5H3. The molecular weight excluding hydrogens is 408 g/mol. The fraction of sp³-hybridized carbons (Fsp3) is 0.391. The molecule has 1 aliphatic heterocycles. The van der Waals surface area contributed by atoms with Crippen LogP contribution in [0.2, 0.25) is 0 Å². The van der Waals surface area contributed by atoms with Gasteiger partial charge in [-0.3, -0.25) is 9.36 Å². The number of rotatable bonds is 5. The molecule has 0 atom stereocenters. The van der Waals surface area contributed by atoms with Gasteiger partial charge in [0, 0.05) is 43.5 Å². The zero-order chi connectivity index (χ0) is 22.8. The van der Waals surface area contributed by atoms with Crippen molar-refractivity contribution in [3.8, 4) is 17.3 Å². The predicted molar refractivity (Wildman–Crippen MR) is 121 cm³/mol. The number of piperazine rings is 1. The van der Waals surface area contributed by atoms with Gasteiger partial charge < -0.3 is 19.3 Å². The van der Waals surface area contributed by atoms with Gasteiger partial charge >= 0.3 is 0 Å². The first-order valence-corrected chi connectivity index (χ1v) is 10.5. The van der Waals surface area contributed by atoms with E-state index in [4.69, 9.17) is 9.47 Å². The maximum atomic E-state index is 13.0. The van der Waals surface area contributed by atoms with Crippen LogP contribution in [0, 0.1) is 20.8 Å². The third-order valence-electron chi connectivity index (χ3n) is 5.83. The lowest BCUT2D eigenvalue weighted by Crippen LogP contribution is -2.49. The summed E-state index contributed by atoms with van der Waals surface area (Å²) in [4.78, 5) is 30.7. The van der Waals surface area contributed by atoms with Crippen molar-refractivity contribution in [3.05, 3.63) is 53.4 Å². The van der Waals surface area contributed by atoms with Crippen LogP contribution in [0.3, 0.4) is 0 Å². The minimum absolute atomic E-state index is 0.0188. The SMILES string of the molecule is COc1ccc(C(=O)N2CCN(c3cc(-n4cnc(C)c4C)nc(C)n3)CC2)cc1OC. The van der Waals surface area contributed by atoms with Crippen LogP contribution >= 0.6 is 0 Å². The van der Waals surface area contributed by atoms with Crippen molar-refractivity contribution in [3.63, 3.8) is 0 Å². The molecule has 4 rings (SSSR count). The topological polar surface area (TPSA) is 85.6 Å². The van der Waals surface area contributed by atoms with Crippen LogP contribution in [-0.2, 0) is 0 Å². The molecule has 0 saturated carbocycles. The van der Waals surface area contributed by atoms with Gasteiger partial charge in [-0.15, -0.1) is 0 Å². The molecule has 1 saturated heterocycles. The van der Waals surface area contributed by atoms with Gasteiger partial charge in [0.05, 0.1) is 19.9 Å². The van der Waals surface area contributed by atoms with Crippen molar-refractivity contribution < 1.29 is 14.3 Å². The van der Waals surface area contributed by atoms with Gasteiger partial charge in [-0.05, 0) is 39.0 Å². The summed E-state index contributed by atoms with van der Waals surface area (Å²) in [5.74, 6) is 3.49. The van der Waals surface area contributed by atoms with Gasteiger partial charge in [0.25, 0.3) is 5.91 Å². The Morgan fingerprint density at radius 1 is 0.906 bits per heavy atom. The van der Waals surface area contributed by atoms with Crippen molar-refractivity contribution in [2.45, 2.75) is 20.8 Å². The highest BCUT2D eigenvalue weighted by molar-refractivity contribution is 5.95. The minimum Gasteiger partial charge on any atom is -0.493 e. The Bertz CT molecular complexity index is 1130. The number of amides is 1. The van der Waals surface area contributed by atoms with Crippen molar-refractivity contribution in [1.29, 1.82) is 0 Å². The Balaban J connectivity index is 1.48. The minimum atomic E-state index is -0.0188. The number of benzene rings is 1. The second-order valence-electron chi connectivity index (χ2n) is 7.77. The van der Waals surface area contributed by atoms with Crippen LogP contribution < -0.4 is 14.4 Å². The molecule has 9 nitrogen and oxygen atoms in total. The van der Waals surface area contributed by atoms with E-state index in [1.807, 2.05) is 36.3 Å². The summed E-state index contributed by atoms with van der Waals surface area (Å²) >= 11 is 0. The molecule has 1 fully saturated rings. The molecule has 0 spiro atoms. The van der Waals surface area contributed by atoms with Gasteiger partial charge in [0.1, 0.15) is 23.8 Å². The molecular formula is C23H28N6O3. The van der Waals surface area contributed by atoms with E-state index in [0.717, 1.165) is 23.0 Å². The molecule has 1 amide bonds. The van der Waals surface area contributed by atoms with Gasteiger partial charge in [-0.1, -0.05) is 0 Å². The zero-order valence-corrected chi connectivity index (χ0v) is 19.1. The maximum Gasteiger partial charge on any atom is 0.254 e. The third kappa shape index (κ3) is 4.10. The molecule has 3 aromatic rings. The summed E-state index contributed by atoms with van der Waals surface area (Å²) in [5, 5.41) is 0. The Hall–Kier alpha value is -3.62. The lowest BCUT2D eigenvalue weighted by atomic mass is 10.1. The van der Waals surface area contributed by atoms with E-state index in [1.54, 1.807) is 38.7 Å². The van der Waals surface area contributed by atoms with Crippen LogP contribution in [0.5, 0.6) is 11.5 Å². The fourth-order valence-corrected chi connectivity index (χ4v) is 3.84. The number of ether oxygens (including phenoxy) is 2. The van der Waals surface area contributed by atoms with E-state index < -0.39 is 0 Å². The number of hydrogen-bond donors (Lipinski definition) is 0. The van der Waals surface area contributed by atoms with Gasteiger partial charge in [0.2, 0.25) is 0 Å². The quantitative estimate of drug-likeness (QED) is 0.608. The average molecular weight is 437 g/mol. The molecule has 3 heterocycles. The Morgan fingerprint density at radius 2 is 1.59 bits per heavy atom. The number of nitrogens with zero attached hydrogens (tertiary/aromatic N) is 6. The van der Waals surface area contributed by atoms with Gasteiger partial charge in [-0.2, -0.15) is 0 Å². The summed E-state index contributed by atoms with van der Waals surface area (Å²) < 4.78 is 12.6. The number of anilines is 1. The van der Waals surface area contributed by atoms with E-state index in [1.165, 1.54) is 0 Å². The molecule has 1 aliphatic rings. The van der Waals surface area contributed by atoms with Gasteiger partial charge in [0.15, 0.2) is 11.5 Å². The first kappa shape index (κ1) is 21.6. The van der Waals surface area contributed by atoms with Crippen LogP contribution in [0.25, 0.3) is 5.82 Å². The second kappa shape index (κ2) is 8.86. The van der Waals surface area contributed by atoms with Crippen molar-refractivity contribution in [1.82, 2.24) is 24.4 Å². The van der Waals surface area contributed by atoms with Crippen LogP contribution in [0.15, 0.2) is 30.6 Å². The average Bonchev–Trinajstić information content (AvgIpc) is 3.16. The molecule has 0 radical (unpaired) electrons. The molecule has 1 aromatic carbocycles. The first-order chi connectivity index (χ1) is 15.4. The fourth-order valence-electron chi connectivity index (χ4n) is 3.84. The highest BCUT2D eigenvalue weighted by atomic mass is 16.5. The van der Waals surface area contributed by atoms with Crippen molar-refractivity contribution >= 4 is 11.7 Å². The maximum absolute atomic E-state index is 13.0. The summed E-state index contributed by atoms with van der Waals surface area (Å²) in [7, 11) is 3.14. The van der Waals surface area contributed by atoms with E-state index in [0.29, 0.717) is 49.1 Å². The van der Waals surface area contributed by atoms with Gasteiger partial charge in [-0.25, -0.2) is 15.0 Å². The highest BCUT2D eigenvalue weighted by Crippen LogP contribution is 2.28. The lowest BCUT2D eigenvalue weighted by molar-refractivity contribution is 0.0746. The van der Waals surface area contributed by atoms with Crippen LogP contribution in [0.1, 0.15) is 27.6 Å². The molecule has 0 bridgehead atoms. The second-order valence-corrected chi connectivity index (χ2v) is 7.77. The number of carbonyl (C=O) groups excluding carboxylic acids is 1. The Morgan fingerprint density at radius 3 is 2.22 bits per heavy atom. The number of hydrogen-bond acceptors (Lipinski definition) is 7. The predicted octanol–water partition coefficient (Wildman–Crippen LogP) is 2.57. The summed E-state index contributed by atoms with van der Waals surface area (Å²) in [5.41, 5.74) is 2.62. The van der Waals surface area contributed by atoms with Crippen LogP contribution in [0.4, 0.5) is 5.82 Å². The van der Waals surface area contributed by atoms with Crippen LogP contribution in [-0.4, -0.2) is 70.7 Å². The lowest BCUT2D eigenvalue weighted by Gasteiger charge is -2.35. The first-order valence-electron chi connectivity index (χ1n) is 10.5. The molecule has 0 unspecified atom stereocenters. The summed E-state index contributed by atoms with van der Waals surface area (Å²) in [6, 6.07) is 7.23. The number of carbonyl (C=O) groups is 1. The number of aromatic nitrogens is 4. The molecule has 168 valence electrons. The zero-order valence-electron chi connectivity index (χ0n) is 19.1. The third-order valence-corrected chi connectivity index (χ3v) is 5.83. The molecule has 9 heteroatoms. The number of aryl methyl sites for hydroxylation is 2. The summed E-state index contributed by atoms with van der Waals surface area (Å²) in [6.45, 7) is 8.49. The number of imidazole rings is 1. The molecule has 2 aromatic heterocycles. The summed E-state index contributed by atoms with van der Waals surface area (Å²) in [6.07, 6.45) is 1.79. The number of methoxy groups -OCH3 is 2. The molecule has 0 N–H and O–H groups in total. The van der Waals surface area contributed by atoms with E-state index in [-0.39, 0.29) is 5.91 Å². The highest BCUT2D eigenvalue weighted by Gasteiger charge is 2.24. The molecule has 0 aliphatic carbocycles. The monoisotopic (exact) mass is 436 g/mol. The van der Waals surface area contributed by atoms with Crippen molar-refractivity contribution in [2.24, 2.45) is 0 Å². The van der Waals surface area contributed by atoms with Crippen molar-refractivity contribution in [2.75, 3.05) is 45.3 Å². The Kier molecular flexibility index (Phi) is 5.98. The van der Waals surface area contributed by atoms with E-state index in [9.17, 15) is 4.79 Å². The van der Waals surface area contributed by atoms with E-state index >= 15 is 0 Å².